The molecule has 0 bridgehead atoms. The number of nitrogens with one attached hydrogen (secondary N) is 1. The summed E-state index contributed by atoms with van der Waals surface area (Å²) in [5, 5.41) is 16.8. The first-order valence-corrected chi connectivity index (χ1v) is 6.10. The van der Waals surface area contributed by atoms with E-state index < -0.39 is 0 Å². The lowest BCUT2D eigenvalue weighted by Gasteiger charge is -2.21. The van der Waals surface area contributed by atoms with Gasteiger partial charge in [-0.2, -0.15) is 9.61 Å². The minimum atomic E-state index is 0.787. The number of hydrogen-bond donors (Lipinski definition) is 1. The Balaban J connectivity index is 1.74. The van der Waals surface area contributed by atoms with Crippen LogP contribution in [0.3, 0.4) is 0 Å². The van der Waals surface area contributed by atoms with Crippen molar-refractivity contribution in [3.05, 3.63) is 11.3 Å². The summed E-state index contributed by atoms with van der Waals surface area (Å²) in [5.41, 5.74) is 0. The predicted molar refractivity (Wildman–Crippen MR) is 58.0 cm³/mol. The van der Waals surface area contributed by atoms with Gasteiger partial charge in [0.05, 0.1) is 0 Å². The minimum absolute atomic E-state index is 0.787. The molecule has 2 aromatic rings. The third-order valence-electron chi connectivity index (χ3n) is 2.85. The topological polar surface area (TPSA) is 55.1 Å². The maximum atomic E-state index is 4.46. The molecule has 80 valence electrons. The van der Waals surface area contributed by atoms with Gasteiger partial charge in [0.2, 0.25) is 4.96 Å². The zero-order valence-electron chi connectivity index (χ0n) is 8.39. The summed E-state index contributed by atoms with van der Waals surface area (Å²) in [4.78, 5) is 0.902. The molecule has 6 heteroatoms. The minimum Gasteiger partial charge on any atom is -0.317 e. The van der Waals surface area contributed by atoms with Gasteiger partial charge in [-0.25, -0.2) is 0 Å². The van der Waals surface area contributed by atoms with Crippen molar-refractivity contribution in [3.8, 4) is 0 Å². The third kappa shape index (κ3) is 1.87. The largest absolute Gasteiger partial charge is 0.317 e. The van der Waals surface area contributed by atoms with Crippen molar-refractivity contribution in [2.75, 3.05) is 13.1 Å². The molecule has 0 saturated carbocycles. The Morgan fingerprint density at radius 3 is 3.13 bits per heavy atom. The van der Waals surface area contributed by atoms with Gasteiger partial charge < -0.3 is 5.32 Å². The lowest BCUT2D eigenvalue weighted by atomic mass is 9.95. The van der Waals surface area contributed by atoms with E-state index in [-0.39, 0.29) is 0 Å². The Labute approximate surface area is 91.5 Å². The first-order valence-electron chi connectivity index (χ1n) is 5.28. The fraction of sp³-hybridized carbons (Fsp3) is 0.667. The van der Waals surface area contributed by atoms with Gasteiger partial charge in [0.25, 0.3) is 0 Å². The van der Waals surface area contributed by atoms with E-state index in [1.54, 1.807) is 22.2 Å². The average molecular weight is 223 g/mol. The summed E-state index contributed by atoms with van der Waals surface area (Å²) in [7, 11) is 0. The maximum Gasteiger partial charge on any atom is 0.234 e. The van der Waals surface area contributed by atoms with E-state index in [4.69, 9.17) is 0 Å². The van der Waals surface area contributed by atoms with E-state index in [0.717, 1.165) is 30.4 Å². The first-order chi connectivity index (χ1) is 7.42. The smallest absolute Gasteiger partial charge is 0.234 e. The van der Waals surface area contributed by atoms with Gasteiger partial charge in [-0.15, -0.1) is 10.2 Å². The molecule has 0 radical (unpaired) electrons. The Morgan fingerprint density at radius 1 is 1.47 bits per heavy atom. The standard InChI is InChI=1S/C9H13N5S/c1-3-10-4-2-7(1)5-8-13-14-6-11-12-9(14)15-8/h6-7,10H,1-5H2. The van der Waals surface area contributed by atoms with Gasteiger partial charge in [0, 0.05) is 6.42 Å². The predicted octanol–water partition coefficient (Wildman–Crippen LogP) is 0.728. The molecule has 0 amide bonds. The first kappa shape index (κ1) is 9.23. The van der Waals surface area contributed by atoms with Crippen LogP contribution in [0.25, 0.3) is 4.96 Å². The van der Waals surface area contributed by atoms with Crippen molar-refractivity contribution in [1.29, 1.82) is 0 Å². The van der Waals surface area contributed by atoms with Crippen molar-refractivity contribution >= 4 is 16.3 Å². The van der Waals surface area contributed by atoms with Gasteiger partial charge >= 0.3 is 0 Å². The van der Waals surface area contributed by atoms with Crippen LogP contribution < -0.4 is 5.32 Å². The van der Waals surface area contributed by atoms with Crippen LogP contribution in [-0.4, -0.2) is 32.9 Å². The molecule has 0 atom stereocenters. The molecule has 0 unspecified atom stereocenters. The van der Waals surface area contributed by atoms with Gasteiger partial charge in [-0.1, -0.05) is 11.3 Å². The molecule has 1 aliphatic rings. The Kier molecular flexibility index (Phi) is 2.38. The van der Waals surface area contributed by atoms with E-state index in [9.17, 15) is 0 Å². The zero-order chi connectivity index (χ0) is 10.1. The van der Waals surface area contributed by atoms with Crippen LogP contribution in [-0.2, 0) is 6.42 Å². The summed E-state index contributed by atoms with van der Waals surface area (Å²) >= 11 is 1.66. The second kappa shape index (κ2) is 3.86. The molecule has 1 N–H and O–H groups in total. The molecular weight excluding hydrogens is 210 g/mol. The highest BCUT2D eigenvalue weighted by molar-refractivity contribution is 7.16. The van der Waals surface area contributed by atoms with Gasteiger partial charge in [0.1, 0.15) is 11.3 Å². The van der Waals surface area contributed by atoms with Crippen LogP contribution >= 0.6 is 11.3 Å². The van der Waals surface area contributed by atoms with Crippen LogP contribution in [0.15, 0.2) is 6.33 Å². The van der Waals surface area contributed by atoms with Crippen LogP contribution in [0.2, 0.25) is 0 Å². The molecule has 2 aromatic heterocycles. The Bertz CT molecular complexity index is 413. The molecule has 3 rings (SSSR count). The fourth-order valence-electron chi connectivity index (χ4n) is 2.02. The van der Waals surface area contributed by atoms with E-state index in [1.165, 1.54) is 17.8 Å². The molecule has 0 aliphatic carbocycles. The summed E-state index contributed by atoms with van der Waals surface area (Å²) < 4.78 is 1.76. The second-order valence-electron chi connectivity index (χ2n) is 3.95. The SMILES string of the molecule is c1nnc2sc(CC3CCNCC3)nn12. The fourth-order valence-corrected chi connectivity index (χ4v) is 2.94. The maximum absolute atomic E-state index is 4.46. The molecule has 0 spiro atoms. The Morgan fingerprint density at radius 2 is 2.33 bits per heavy atom. The molecule has 1 saturated heterocycles. The number of fused-ring (bicyclic) bond motifs is 1. The van der Waals surface area contributed by atoms with E-state index in [0.29, 0.717) is 0 Å². The molecular formula is C9H13N5S. The molecule has 15 heavy (non-hydrogen) atoms. The second-order valence-corrected chi connectivity index (χ2v) is 4.99. The van der Waals surface area contributed by atoms with Gasteiger partial charge in [0.15, 0.2) is 0 Å². The van der Waals surface area contributed by atoms with Crippen LogP contribution in [0.5, 0.6) is 0 Å². The molecule has 5 nitrogen and oxygen atoms in total. The van der Waals surface area contributed by atoms with Crippen LogP contribution in [0.1, 0.15) is 17.8 Å². The van der Waals surface area contributed by atoms with Gasteiger partial charge in [-0.3, -0.25) is 0 Å². The van der Waals surface area contributed by atoms with Crippen molar-refractivity contribution in [2.24, 2.45) is 5.92 Å². The monoisotopic (exact) mass is 223 g/mol. The summed E-state index contributed by atoms with van der Waals surface area (Å²) in [6.07, 6.45) is 5.29. The molecule has 1 fully saturated rings. The highest BCUT2D eigenvalue weighted by Crippen LogP contribution is 2.21. The highest BCUT2D eigenvalue weighted by atomic mass is 32.1. The summed E-state index contributed by atoms with van der Waals surface area (Å²) in [6.45, 7) is 2.30. The van der Waals surface area contributed by atoms with E-state index >= 15 is 0 Å². The van der Waals surface area contributed by atoms with E-state index in [2.05, 4.69) is 20.6 Å². The summed E-state index contributed by atoms with van der Waals surface area (Å²) in [5.74, 6) is 0.787. The number of piperidine rings is 1. The third-order valence-corrected chi connectivity index (χ3v) is 3.79. The van der Waals surface area contributed by atoms with E-state index in [1.807, 2.05) is 0 Å². The van der Waals surface area contributed by atoms with Crippen molar-refractivity contribution in [2.45, 2.75) is 19.3 Å². The Hall–Kier alpha value is -1.01. The number of hydrogen-bond acceptors (Lipinski definition) is 5. The molecule has 0 aromatic carbocycles. The number of rotatable bonds is 2. The number of nitrogens with zero attached hydrogens (tertiary/aromatic N) is 4. The lowest BCUT2D eigenvalue weighted by molar-refractivity contribution is 0.371. The number of aromatic nitrogens is 4. The quantitative estimate of drug-likeness (QED) is 0.815. The van der Waals surface area contributed by atoms with Crippen molar-refractivity contribution < 1.29 is 0 Å². The van der Waals surface area contributed by atoms with Crippen molar-refractivity contribution in [1.82, 2.24) is 25.1 Å². The molecule has 3 heterocycles. The molecule has 1 aliphatic heterocycles. The summed E-state index contributed by atoms with van der Waals surface area (Å²) in [6, 6.07) is 0. The lowest BCUT2D eigenvalue weighted by Crippen LogP contribution is -2.28. The normalized spacial score (nSPS) is 18.7. The highest BCUT2D eigenvalue weighted by Gasteiger charge is 2.16. The van der Waals surface area contributed by atoms with Crippen LogP contribution in [0, 0.1) is 5.92 Å². The average Bonchev–Trinajstić information content (AvgIpc) is 2.79. The zero-order valence-corrected chi connectivity index (χ0v) is 9.20. The van der Waals surface area contributed by atoms with Gasteiger partial charge in [-0.05, 0) is 31.8 Å². The van der Waals surface area contributed by atoms with Crippen LogP contribution in [0.4, 0.5) is 0 Å². The van der Waals surface area contributed by atoms with Crippen molar-refractivity contribution in [3.63, 3.8) is 0 Å².